The van der Waals surface area contributed by atoms with E-state index in [1.165, 1.54) is 5.56 Å². The Morgan fingerprint density at radius 3 is 2.38 bits per heavy atom. The molecule has 5 nitrogen and oxygen atoms in total. The van der Waals surface area contributed by atoms with Gasteiger partial charge in [-0.2, -0.15) is 0 Å². The van der Waals surface area contributed by atoms with Gasteiger partial charge in [0.2, 0.25) is 0 Å². The quantitative estimate of drug-likeness (QED) is 0.515. The minimum absolute atomic E-state index is 0.0345. The molecule has 0 radical (unpaired) electrons. The van der Waals surface area contributed by atoms with E-state index in [4.69, 9.17) is 9.72 Å². The third kappa shape index (κ3) is 4.46. The smallest absolute Gasteiger partial charge is 0.258 e. The molecule has 1 heterocycles. The molecule has 1 atom stereocenters. The van der Waals surface area contributed by atoms with Crippen molar-refractivity contribution < 1.29 is 9.53 Å². The number of para-hydroxylation sites is 3. The van der Waals surface area contributed by atoms with E-state index in [1.54, 1.807) is 0 Å². The molecule has 146 valence electrons. The number of aromatic nitrogens is 2. The lowest BCUT2D eigenvalue weighted by molar-refractivity contribution is -0.123. The van der Waals surface area contributed by atoms with Crippen LogP contribution in [0.2, 0.25) is 0 Å². The largest absolute Gasteiger partial charge is 0.484 e. The predicted octanol–water partition coefficient (Wildman–Crippen LogP) is 4.34. The van der Waals surface area contributed by atoms with Crippen molar-refractivity contribution in [3.63, 3.8) is 0 Å². The fourth-order valence-electron chi connectivity index (χ4n) is 3.37. The monoisotopic (exact) mass is 385 g/mol. The van der Waals surface area contributed by atoms with Crippen LogP contribution in [-0.2, 0) is 11.3 Å². The number of carbonyl (C=O) groups is 1. The van der Waals surface area contributed by atoms with E-state index in [-0.39, 0.29) is 18.6 Å². The number of amides is 1. The first-order valence-corrected chi connectivity index (χ1v) is 9.67. The van der Waals surface area contributed by atoms with Gasteiger partial charge in [-0.05, 0) is 36.8 Å². The van der Waals surface area contributed by atoms with Crippen molar-refractivity contribution in [1.82, 2.24) is 14.9 Å². The highest BCUT2D eigenvalue weighted by Gasteiger charge is 2.18. The Bertz CT molecular complexity index is 1090. The van der Waals surface area contributed by atoms with Crippen LogP contribution in [0.4, 0.5) is 0 Å². The number of nitrogens with one attached hydrogen (secondary N) is 1. The Hall–Kier alpha value is -3.60. The molecule has 0 spiro atoms. The van der Waals surface area contributed by atoms with E-state index in [2.05, 4.69) is 28.1 Å². The fourth-order valence-corrected chi connectivity index (χ4v) is 3.37. The Morgan fingerprint density at radius 1 is 0.966 bits per heavy atom. The number of ether oxygens (including phenoxy) is 1. The van der Waals surface area contributed by atoms with Crippen LogP contribution in [0.1, 0.15) is 24.4 Å². The number of carbonyl (C=O) groups excluding carboxylic acids is 1. The molecular formula is C24H23N3O2. The van der Waals surface area contributed by atoms with Crippen LogP contribution in [0.15, 0.2) is 84.9 Å². The maximum atomic E-state index is 12.4. The lowest BCUT2D eigenvalue weighted by Gasteiger charge is -2.17. The Kier molecular flexibility index (Phi) is 5.56. The molecule has 0 saturated heterocycles. The standard InChI is InChI=1S/C24H23N3O2/c1-18(25-23(28)17-29-20-12-6-3-7-13-20)24-26-21-14-8-9-15-22(21)27(24)16-19-10-4-2-5-11-19/h2-15,18H,16-17H2,1H3,(H,25,28)/t18-/m1/s1. The van der Waals surface area contributed by atoms with Gasteiger partial charge in [-0.15, -0.1) is 0 Å². The highest BCUT2D eigenvalue weighted by molar-refractivity contribution is 5.79. The maximum absolute atomic E-state index is 12.4. The van der Waals surface area contributed by atoms with Gasteiger partial charge in [0, 0.05) is 6.54 Å². The van der Waals surface area contributed by atoms with Gasteiger partial charge in [-0.25, -0.2) is 4.98 Å². The lowest BCUT2D eigenvalue weighted by atomic mass is 10.2. The van der Waals surface area contributed by atoms with Gasteiger partial charge >= 0.3 is 0 Å². The molecule has 0 aliphatic carbocycles. The van der Waals surface area contributed by atoms with Crippen molar-refractivity contribution in [3.8, 4) is 5.75 Å². The second kappa shape index (κ2) is 8.61. The fraction of sp³-hybridized carbons (Fsp3) is 0.167. The first-order valence-electron chi connectivity index (χ1n) is 9.67. The molecule has 1 N–H and O–H groups in total. The van der Waals surface area contributed by atoms with Gasteiger partial charge in [-0.3, -0.25) is 4.79 Å². The number of benzene rings is 3. The summed E-state index contributed by atoms with van der Waals surface area (Å²) in [6.45, 7) is 2.60. The Morgan fingerprint density at radius 2 is 1.62 bits per heavy atom. The normalized spacial score (nSPS) is 11.9. The molecule has 3 aromatic carbocycles. The summed E-state index contributed by atoms with van der Waals surface area (Å²) in [6, 6.07) is 27.3. The van der Waals surface area contributed by atoms with E-state index >= 15 is 0 Å². The molecule has 0 aliphatic heterocycles. The highest BCUT2D eigenvalue weighted by atomic mass is 16.5. The van der Waals surface area contributed by atoms with Crippen LogP contribution in [0.5, 0.6) is 5.75 Å². The zero-order chi connectivity index (χ0) is 20.1. The van der Waals surface area contributed by atoms with Crippen molar-refractivity contribution in [2.45, 2.75) is 19.5 Å². The molecule has 5 heteroatoms. The second-order valence-corrected chi connectivity index (χ2v) is 6.92. The molecule has 0 bridgehead atoms. The summed E-state index contributed by atoms with van der Waals surface area (Å²) in [4.78, 5) is 17.2. The third-order valence-electron chi connectivity index (χ3n) is 4.75. The van der Waals surface area contributed by atoms with E-state index in [1.807, 2.05) is 73.7 Å². The van der Waals surface area contributed by atoms with Crippen LogP contribution >= 0.6 is 0 Å². The Labute approximate surface area is 170 Å². The van der Waals surface area contributed by atoms with Crippen LogP contribution in [0.3, 0.4) is 0 Å². The van der Waals surface area contributed by atoms with E-state index in [9.17, 15) is 4.79 Å². The van der Waals surface area contributed by atoms with Crippen LogP contribution in [0, 0.1) is 0 Å². The SMILES string of the molecule is C[C@@H](NC(=O)COc1ccccc1)c1nc2ccccc2n1Cc1ccccc1. The van der Waals surface area contributed by atoms with E-state index in [0.29, 0.717) is 12.3 Å². The number of hydrogen-bond donors (Lipinski definition) is 1. The van der Waals surface area contributed by atoms with Crippen molar-refractivity contribution in [3.05, 3.63) is 96.3 Å². The molecule has 4 rings (SSSR count). The summed E-state index contributed by atoms with van der Waals surface area (Å²) in [5, 5.41) is 3.01. The number of hydrogen-bond acceptors (Lipinski definition) is 3. The molecule has 0 fully saturated rings. The van der Waals surface area contributed by atoms with E-state index < -0.39 is 0 Å². The average Bonchev–Trinajstić information content (AvgIpc) is 3.12. The zero-order valence-electron chi connectivity index (χ0n) is 16.3. The minimum Gasteiger partial charge on any atom is -0.484 e. The van der Waals surface area contributed by atoms with Crippen LogP contribution in [-0.4, -0.2) is 22.1 Å². The first kappa shape index (κ1) is 18.7. The van der Waals surface area contributed by atoms with Crippen LogP contribution < -0.4 is 10.1 Å². The molecule has 4 aromatic rings. The molecule has 0 aliphatic rings. The van der Waals surface area contributed by atoms with E-state index in [0.717, 1.165) is 16.9 Å². The number of imidazole rings is 1. The van der Waals surface area contributed by atoms with Gasteiger partial charge < -0.3 is 14.6 Å². The van der Waals surface area contributed by atoms with Gasteiger partial charge in [0.25, 0.3) is 5.91 Å². The topological polar surface area (TPSA) is 56.1 Å². The maximum Gasteiger partial charge on any atom is 0.258 e. The summed E-state index contributed by atoms with van der Waals surface area (Å²) in [5.74, 6) is 1.31. The van der Waals surface area contributed by atoms with Crippen molar-refractivity contribution >= 4 is 16.9 Å². The molecule has 0 saturated carbocycles. The van der Waals surface area contributed by atoms with Gasteiger partial charge in [0.05, 0.1) is 17.1 Å². The van der Waals surface area contributed by atoms with Crippen LogP contribution in [0.25, 0.3) is 11.0 Å². The summed E-state index contributed by atoms with van der Waals surface area (Å²) < 4.78 is 7.71. The average molecular weight is 385 g/mol. The van der Waals surface area contributed by atoms with Crippen molar-refractivity contribution in [2.75, 3.05) is 6.61 Å². The summed E-state index contributed by atoms with van der Waals surface area (Å²) in [5.41, 5.74) is 3.15. The molecule has 1 amide bonds. The molecule has 1 aromatic heterocycles. The zero-order valence-corrected chi connectivity index (χ0v) is 16.3. The number of nitrogens with zero attached hydrogens (tertiary/aromatic N) is 2. The highest BCUT2D eigenvalue weighted by Crippen LogP contribution is 2.22. The number of rotatable bonds is 7. The van der Waals surface area contributed by atoms with Gasteiger partial charge in [0.15, 0.2) is 6.61 Å². The minimum atomic E-state index is -0.252. The second-order valence-electron chi connectivity index (χ2n) is 6.92. The van der Waals surface area contributed by atoms with Crippen molar-refractivity contribution in [1.29, 1.82) is 0 Å². The lowest BCUT2D eigenvalue weighted by Crippen LogP contribution is -2.32. The summed E-state index contributed by atoms with van der Waals surface area (Å²) in [7, 11) is 0. The number of fused-ring (bicyclic) bond motifs is 1. The third-order valence-corrected chi connectivity index (χ3v) is 4.75. The van der Waals surface area contributed by atoms with Gasteiger partial charge in [-0.1, -0.05) is 60.7 Å². The molecule has 0 unspecified atom stereocenters. The summed E-state index contributed by atoms with van der Waals surface area (Å²) in [6.07, 6.45) is 0. The first-order chi connectivity index (χ1) is 14.2. The molecule has 29 heavy (non-hydrogen) atoms. The predicted molar refractivity (Wildman–Crippen MR) is 114 cm³/mol. The summed E-state index contributed by atoms with van der Waals surface area (Å²) >= 11 is 0. The van der Waals surface area contributed by atoms with Gasteiger partial charge in [0.1, 0.15) is 11.6 Å². The van der Waals surface area contributed by atoms with Crippen molar-refractivity contribution in [2.24, 2.45) is 0 Å². The molecular weight excluding hydrogens is 362 g/mol. The Balaban J connectivity index is 1.52.